The Hall–Kier alpha value is -2.59. The molecule has 316 valence electrons. The molecule has 0 aromatic heterocycles. The summed E-state index contributed by atoms with van der Waals surface area (Å²) in [6, 6.07) is 0. The minimum absolute atomic E-state index is 0.152. The average Bonchev–Trinajstić information content (AvgIpc) is 3.17. The van der Waals surface area contributed by atoms with Gasteiger partial charge in [0.25, 0.3) is 0 Å². The summed E-state index contributed by atoms with van der Waals surface area (Å²) in [6.45, 7) is 2.16. The fourth-order valence-corrected chi connectivity index (χ4v) is 6.00. The van der Waals surface area contributed by atoms with E-state index in [4.69, 9.17) is 19.1 Å². The summed E-state index contributed by atoms with van der Waals surface area (Å²) in [5.41, 5.74) is 0. The molecule has 0 fully saturated rings. The molecule has 0 radical (unpaired) electrons. The van der Waals surface area contributed by atoms with Gasteiger partial charge in [0.05, 0.1) is 19.8 Å². The van der Waals surface area contributed by atoms with Gasteiger partial charge < -0.3 is 24.6 Å². The molecule has 3 N–H and O–H groups in total. The molecule has 0 aliphatic rings. The monoisotopic (exact) mass is 795 g/mol. The highest BCUT2D eigenvalue weighted by molar-refractivity contribution is 7.47. The molecular weight excluding hydrogens is 719 g/mol. The van der Waals surface area contributed by atoms with E-state index in [0.29, 0.717) is 12.8 Å². The summed E-state index contributed by atoms with van der Waals surface area (Å²) < 4.78 is 32.7. The highest BCUT2D eigenvalue weighted by atomic mass is 31.2. The van der Waals surface area contributed by atoms with Crippen LogP contribution < -0.4 is 0 Å². The van der Waals surface area contributed by atoms with Crippen LogP contribution in [-0.2, 0) is 32.7 Å². The third-order valence-electron chi connectivity index (χ3n) is 8.44. The van der Waals surface area contributed by atoms with E-state index in [0.717, 1.165) is 70.6 Å². The van der Waals surface area contributed by atoms with Crippen molar-refractivity contribution in [2.75, 3.05) is 26.4 Å². The predicted molar refractivity (Wildman–Crippen MR) is 223 cm³/mol. The Morgan fingerprint density at radius 2 is 1.07 bits per heavy atom. The molecule has 0 aliphatic heterocycles. The third kappa shape index (κ3) is 39.4. The second-order valence-corrected chi connectivity index (χ2v) is 15.2. The van der Waals surface area contributed by atoms with Crippen LogP contribution in [0.15, 0.2) is 72.9 Å². The zero-order valence-electron chi connectivity index (χ0n) is 34.1. The molecular formula is C44H75O10P. The predicted octanol–water partition coefficient (Wildman–Crippen LogP) is 10.9. The highest BCUT2D eigenvalue weighted by Gasteiger charge is 2.27. The molecule has 0 spiro atoms. The molecule has 1 unspecified atom stereocenters. The molecule has 55 heavy (non-hydrogen) atoms. The topological polar surface area (TPSA) is 149 Å². The lowest BCUT2D eigenvalue weighted by Crippen LogP contribution is -2.29. The minimum atomic E-state index is -4.63. The van der Waals surface area contributed by atoms with Crippen molar-refractivity contribution in [2.45, 2.75) is 167 Å². The number of ether oxygens (including phenoxy) is 2. The van der Waals surface area contributed by atoms with Crippen molar-refractivity contribution >= 4 is 19.8 Å². The first-order valence-electron chi connectivity index (χ1n) is 20.9. The molecule has 0 saturated carbocycles. The number of phosphoric acid groups is 1. The summed E-state index contributed by atoms with van der Waals surface area (Å²) in [5.74, 6) is -0.968. The Morgan fingerprint density at radius 3 is 1.65 bits per heavy atom. The van der Waals surface area contributed by atoms with E-state index in [-0.39, 0.29) is 19.4 Å². The van der Waals surface area contributed by atoms with Crippen molar-refractivity contribution in [3.05, 3.63) is 72.9 Å². The van der Waals surface area contributed by atoms with Crippen LogP contribution in [0.1, 0.15) is 155 Å². The molecule has 10 nitrogen and oxygen atoms in total. The molecule has 0 aliphatic carbocycles. The maximum atomic E-state index is 12.6. The lowest BCUT2D eigenvalue weighted by atomic mass is 10.1. The fraction of sp³-hybridized carbons (Fsp3) is 0.682. The summed E-state index contributed by atoms with van der Waals surface area (Å²) >= 11 is 0. The number of hydrogen-bond acceptors (Lipinski definition) is 9. The van der Waals surface area contributed by atoms with Gasteiger partial charge in [-0.15, -0.1) is 0 Å². The number of unbranched alkanes of at least 4 members (excludes halogenated alkanes) is 15. The molecule has 0 saturated heterocycles. The van der Waals surface area contributed by atoms with E-state index in [1.807, 2.05) is 36.5 Å². The normalized spacial score (nSPS) is 14.6. The van der Waals surface area contributed by atoms with Gasteiger partial charge in [0.2, 0.25) is 0 Å². The Labute approximate surface area is 333 Å². The highest BCUT2D eigenvalue weighted by Crippen LogP contribution is 2.43. The molecule has 0 heterocycles. The fourth-order valence-electron chi connectivity index (χ4n) is 5.21. The number of aliphatic hydroxyl groups excluding tert-OH is 2. The minimum Gasteiger partial charge on any atom is -0.462 e. The smallest absolute Gasteiger partial charge is 0.462 e. The Bertz CT molecular complexity index is 1140. The summed E-state index contributed by atoms with van der Waals surface area (Å²) in [6.07, 6.45) is 44.3. The first-order chi connectivity index (χ1) is 26.7. The number of aliphatic hydroxyl groups is 2. The van der Waals surface area contributed by atoms with Crippen molar-refractivity contribution in [1.29, 1.82) is 0 Å². The molecule has 11 heteroatoms. The number of carbonyl (C=O) groups is 2. The van der Waals surface area contributed by atoms with Crippen LogP contribution in [0.3, 0.4) is 0 Å². The summed E-state index contributed by atoms with van der Waals surface area (Å²) in [7, 11) is -4.63. The maximum absolute atomic E-state index is 12.6. The van der Waals surface area contributed by atoms with Gasteiger partial charge in [0.1, 0.15) is 12.7 Å². The molecule has 0 aromatic carbocycles. The maximum Gasteiger partial charge on any atom is 0.472 e. The number of rotatable bonds is 38. The van der Waals surface area contributed by atoms with Crippen LogP contribution in [0.25, 0.3) is 0 Å². The van der Waals surface area contributed by atoms with E-state index < -0.39 is 51.8 Å². The first-order valence-corrected chi connectivity index (χ1v) is 22.4. The van der Waals surface area contributed by atoms with Gasteiger partial charge in [-0.25, -0.2) is 4.57 Å². The van der Waals surface area contributed by atoms with E-state index in [1.165, 1.54) is 44.9 Å². The first kappa shape index (κ1) is 52.4. The van der Waals surface area contributed by atoms with Crippen molar-refractivity contribution in [2.24, 2.45) is 0 Å². The van der Waals surface area contributed by atoms with E-state index >= 15 is 0 Å². The van der Waals surface area contributed by atoms with Crippen molar-refractivity contribution in [1.82, 2.24) is 0 Å². The van der Waals surface area contributed by atoms with Crippen LogP contribution in [0, 0.1) is 0 Å². The number of hydrogen-bond donors (Lipinski definition) is 3. The third-order valence-corrected chi connectivity index (χ3v) is 9.39. The quantitative estimate of drug-likeness (QED) is 0.0181. The lowest BCUT2D eigenvalue weighted by molar-refractivity contribution is -0.161. The van der Waals surface area contributed by atoms with Gasteiger partial charge in [0, 0.05) is 12.8 Å². The number of carbonyl (C=O) groups excluding carboxylic acids is 2. The van der Waals surface area contributed by atoms with Crippen molar-refractivity contribution < 1.29 is 47.8 Å². The summed E-state index contributed by atoms with van der Waals surface area (Å²) in [4.78, 5) is 35.0. The summed E-state index contributed by atoms with van der Waals surface area (Å²) in [5, 5.41) is 18.3. The van der Waals surface area contributed by atoms with Crippen LogP contribution in [0.2, 0.25) is 0 Å². The molecule has 0 amide bonds. The Morgan fingerprint density at radius 1 is 0.582 bits per heavy atom. The second kappa shape index (κ2) is 39.6. The van der Waals surface area contributed by atoms with Gasteiger partial charge in [-0.2, -0.15) is 0 Å². The van der Waals surface area contributed by atoms with Crippen LogP contribution in [0.4, 0.5) is 0 Å². The Balaban J connectivity index is 4.37. The van der Waals surface area contributed by atoms with Crippen molar-refractivity contribution in [3.8, 4) is 0 Å². The van der Waals surface area contributed by atoms with E-state index in [1.54, 1.807) is 0 Å². The SMILES string of the molecule is CC/C=C/C=C/C=C/C=C/CCCCCCCC(=O)O[C@H](COC(=O)CCCCCCCCC/C=C/C/C=C/CCCCC)COP(=O)(O)OC[C@@H](O)CO. The van der Waals surface area contributed by atoms with Gasteiger partial charge >= 0.3 is 19.8 Å². The molecule has 0 rings (SSSR count). The lowest BCUT2D eigenvalue weighted by Gasteiger charge is -2.20. The van der Waals surface area contributed by atoms with Crippen LogP contribution in [0.5, 0.6) is 0 Å². The van der Waals surface area contributed by atoms with Crippen LogP contribution in [-0.4, -0.2) is 65.7 Å². The zero-order valence-corrected chi connectivity index (χ0v) is 35.0. The van der Waals surface area contributed by atoms with Gasteiger partial charge in [-0.1, -0.05) is 151 Å². The number of phosphoric ester groups is 1. The molecule has 0 bridgehead atoms. The largest absolute Gasteiger partial charge is 0.472 e. The van der Waals surface area contributed by atoms with Gasteiger partial charge in [-0.05, 0) is 64.2 Å². The molecule has 0 aromatic rings. The van der Waals surface area contributed by atoms with E-state index in [2.05, 4.69) is 54.8 Å². The number of allylic oxidation sites excluding steroid dienone is 12. The number of esters is 2. The average molecular weight is 795 g/mol. The second-order valence-electron chi connectivity index (χ2n) is 13.7. The van der Waals surface area contributed by atoms with Gasteiger partial charge in [-0.3, -0.25) is 18.6 Å². The van der Waals surface area contributed by atoms with Crippen LogP contribution >= 0.6 is 7.82 Å². The van der Waals surface area contributed by atoms with Gasteiger partial charge in [0.15, 0.2) is 6.10 Å². The zero-order chi connectivity index (χ0) is 40.5. The molecule has 3 atom stereocenters. The van der Waals surface area contributed by atoms with Crippen molar-refractivity contribution in [3.63, 3.8) is 0 Å². The Kier molecular flexibility index (Phi) is 37.8. The standard InChI is InChI=1S/C44H75O10P/c1-3-5-7-9-11-13-15-17-19-20-22-23-25-27-29-31-33-35-43(47)51-39-42(40-53-55(49,50)52-38-41(46)37-45)54-44(48)36-34-32-30-28-26-24-21-18-16-14-12-10-8-6-4-2/h6,8,10-14,16-19,21,41-42,45-46H,3-5,7,9,15,20,22-40H2,1-2H3,(H,49,50)/b8-6+,12-10+,13-11+,16-14+,19-17+,21-18+/t41-,42+/m0/s1. The van der Waals surface area contributed by atoms with E-state index in [9.17, 15) is 24.2 Å².